The van der Waals surface area contributed by atoms with Crippen molar-refractivity contribution < 1.29 is 14.0 Å². The third-order valence-electron chi connectivity index (χ3n) is 4.23. The fraction of sp³-hybridized carbons (Fsp3) is 0.250. The van der Waals surface area contributed by atoms with Crippen LogP contribution in [-0.4, -0.2) is 27.6 Å². The summed E-state index contributed by atoms with van der Waals surface area (Å²) in [6.45, 7) is 4.02. The third kappa shape index (κ3) is 4.61. The summed E-state index contributed by atoms with van der Waals surface area (Å²) < 4.78 is 6.74. The van der Waals surface area contributed by atoms with Gasteiger partial charge >= 0.3 is 0 Å². The monoisotopic (exact) mass is 400 g/mol. The zero-order valence-corrected chi connectivity index (χ0v) is 16.4. The molecular formula is C20H21ClN4O3. The Morgan fingerprint density at radius 2 is 1.96 bits per heavy atom. The van der Waals surface area contributed by atoms with Crippen molar-refractivity contribution in [2.45, 2.75) is 33.0 Å². The number of benzene rings is 1. The van der Waals surface area contributed by atoms with Gasteiger partial charge in [-0.05, 0) is 31.5 Å². The smallest absolute Gasteiger partial charge is 0.256 e. The highest BCUT2D eigenvalue weighted by atomic mass is 35.5. The lowest BCUT2D eigenvalue weighted by molar-refractivity contribution is -0.122. The van der Waals surface area contributed by atoms with Crippen LogP contribution in [0.5, 0.6) is 0 Å². The molecule has 2 heterocycles. The molecule has 0 bridgehead atoms. The van der Waals surface area contributed by atoms with Gasteiger partial charge in [0.15, 0.2) is 0 Å². The Kier molecular flexibility index (Phi) is 6.16. The zero-order valence-electron chi connectivity index (χ0n) is 15.6. The molecule has 2 amide bonds. The first-order chi connectivity index (χ1) is 13.5. The van der Waals surface area contributed by atoms with Crippen LogP contribution in [0, 0.1) is 6.92 Å². The average molecular weight is 401 g/mol. The van der Waals surface area contributed by atoms with Crippen molar-refractivity contribution in [2.24, 2.45) is 0 Å². The summed E-state index contributed by atoms with van der Waals surface area (Å²) in [5.41, 5.74) is 1.79. The van der Waals surface area contributed by atoms with Gasteiger partial charge in [0.2, 0.25) is 5.91 Å². The van der Waals surface area contributed by atoms with Crippen LogP contribution in [0.2, 0.25) is 5.15 Å². The van der Waals surface area contributed by atoms with Crippen LogP contribution in [0.15, 0.2) is 53.1 Å². The normalized spacial score (nSPS) is 11.8. The second-order valence-corrected chi connectivity index (χ2v) is 6.74. The maximum atomic E-state index is 12.7. The van der Waals surface area contributed by atoms with Crippen LogP contribution in [0.3, 0.4) is 0 Å². The second-order valence-electron chi connectivity index (χ2n) is 6.39. The number of aryl methyl sites for hydroxylation is 1. The lowest BCUT2D eigenvalue weighted by atomic mass is 10.2. The van der Waals surface area contributed by atoms with E-state index >= 15 is 0 Å². The number of carbonyl (C=O) groups excluding carboxylic acids is 2. The van der Waals surface area contributed by atoms with Gasteiger partial charge in [0.1, 0.15) is 17.0 Å². The van der Waals surface area contributed by atoms with Crippen LogP contribution in [0.1, 0.15) is 34.3 Å². The molecule has 2 aromatic heterocycles. The molecule has 3 rings (SSSR count). The number of rotatable bonds is 7. The van der Waals surface area contributed by atoms with E-state index in [0.717, 1.165) is 5.56 Å². The largest absolute Gasteiger partial charge is 0.467 e. The first-order valence-electron chi connectivity index (χ1n) is 8.83. The lowest BCUT2D eigenvalue weighted by Crippen LogP contribution is -2.44. The van der Waals surface area contributed by atoms with Gasteiger partial charge in [0.05, 0.1) is 30.6 Å². The van der Waals surface area contributed by atoms with E-state index in [4.69, 9.17) is 16.0 Å². The van der Waals surface area contributed by atoms with Gasteiger partial charge in [-0.3, -0.25) is 9.59 Å². The predicted molar refractivity (Wildman–Crippen MR) is 105 cm³/mol. The quantitative estimate of drug-likeness (QED) is 0.638. The first-order valence-corrected chi connectivity index (χ1v) is 9.21. The Hall–Kier alpha value is -3.06. The number of amides is 2. The number of nitrogens with one attached hydrogen (secondary N) is 2. The second kappa shape index (κ2) is 8.75. The molecule has 0 saturated carbocycles. The van der Waals surface area contributed by atoms with Gasteiger partial charge in [-0.2, -0.15) is 5.10 Å². The number of halogens is 1. The summed E-state index contributed by atoms with van der Waals surface area (Å²) in [6, 6.07) is 12.5. The minimum absolute atomic E-state index is 0.238. The maximum absolute atomic E-state index is 12.7. The fourth-order valence-electron chi connectivity index (χ4n) is 2.75. The minimum Gasteiger partial charge on any atom is -0.467 e. The Morgan fingerprint density at radius 3 is 2.64 bits per heavy atom. The van der Waals surface area contributed by atoms with E-state index in [0.29, 0.717) is 18.0 Å². The van der Waals surface area contributed by atoms with E-state index in [1.807, 2.05) is 30.3 Å². The summed E-state index contributed by atoms with van der Waals surface area (Å²) >= 11 is 6.39. The molecule has 0 radical (unpaired) electrons. The first kappa shape index (κ1) is 19.7. The highest BCUT2D eigenvalue weighted by molar-refractivity contribution is 6.33. The van der Waals surface area contributed by atoms with E-state index < -0.39 is 11.9 Å². The zero-order chi connectivity index (χ0) is 20.1. The van der Waals surface area contributed by atoms with Gasteiger partial charge in [-0.1, -0.05) is 41.9 Å². The molecule has 146 valence electrons. The highest BCUT2D eigenvalue weighted by Crippen LogP contribution is 2.21. The van der Waals surface area contributed by atoms with E-state index in [-0.39, 0.29) is 23.2 Å². The van der Waals surface area contributed by atoms with E-state index in [1.165, 1.54) is 6.26 Å². The van der Waals surface area contributed by atoms with Crippen molar-refractivity contribution in [1.29, 1.82) is 0 Å². The van der Waals surface area contributed by atoms with Crippen LogP contribution in [0.4, 0.5) is 0 Å². The molecule has 1 unspecified atom stereocenters. The molecule has 7 nitrogen and oxygen atoms in total. The lowest BCUT2D eigenvalue weighted by Gasteiger charge is -2.13. The minimum atomic E-state index is -0.740. The predicted octanol–water partition coefficient (Wildman–Crippen LogP) is 2.92. The van der Waals surface area contributed by atoms with Gasteiger partial charge in [-0.15, -0.1) is 0 Å². The Bertz CT molecular complexity index is 952. The Morgan fingerprint density at radius 1 is 1.21 bits per heavy atom. The Balaban J connectivity index is 1.64. The van der Waals surface area contributed by atoms with E-state index in [2.05, 4.69) is 15.7 Å². The van der Waals surface area contributed by atoms with Crippen molar-refractivity contribution in [1.82, 2.24) is 20.4 Å². The van der Waals surface area contributed by atoms with Gasteiger partial charge in [0, 0.05) is 0 Å². The average Bonchev–Trinajstić information content (AvgIpc) is 3.28. The van der Waals surface area contributed by atoms with Gasteiger partial charge < -0.3 is 15.1 Å². The molecule has 1 aromatic carbocycles. The number of carbonyl (C=O) groups is 2. The molecule has 0 aliphatic heterocycles. The molecule has 0 aliphatic carbocycles. The van der Waals surface area contributed by atoms with Crippen molar-refractivity contribution in [3.8, 4) is 0 Å². The number of hydrogen-bond donors (Lipinski definition) is 2. The summed E-state index contributed by atoms with van der Waals surface area (Å²) in [5, 5.41) is 9.97. The van der Waals surface area contributed by atoms with Gasteiger partial charge in [0.25, 0.3) is 5.91 Å². The standard InChI is InChI=1S/C20H21ClN4O3/c1-13-17(18(21)25(24-13)12-15-7-4-3-5-8-15)20(27)23-14(2)19(26)22-11-16-9-6-10-28-16/h3-10,14H,11-12H2,1-2H3,(H,22,26)(H,23,27). The Labute approximate surface area is 167 Å². The topological polar surface area (TPSA) is 89.2 Å². The summed E-state index contributed by atoms with van der Waals surface area (Å²) in [6.07, 6.45) is 1.53. The molecular weight excluding hydrogens is 380 g/mol. The molecule has 0 spiro atoms. The summed E-state index contributed by atoms with van der Waals surface area (Å²) in [7, 11) is 0. The summed E-state index contributed by atoms with van der Waals surface area (Å²) in [5.74, 6) is -0.134. The fourth-order valence-corrected chi connectivity index (χ4v) is 3.07. The number of aromatic nitrogens is 2. The summed E-state index contributed by atoms with van der Waals surface area (Å²) in [4.78, 5) is 24.9. The third-order valence-corrected chi connectivity index (χ3v) is 4.61. The highest BCUT2D eigenvalue weighted by Gasteiger charge is 2.23. The molecule has 3 aromatic rings. The number of hydrogen-bond acceptors (Lipinski definition) is 4. The van der Waals surface area contributed by atoms with E-state index in [9.17, 15) is 9.59 Å². The molecule has 0 fully saturated rings. The SMILES string of the molecule is Cc1nn(Cc2ccccc2)c(Cl)c1C(=O)NC(C)C(=O)NCc1ccco1. The van der Waals surface area contributed by atoms with Crippen LogP contribution < -0.4 is 10.6 Å². The van der Waals surface area contributed by atoms with Crippen molar-refractivity contribution in [3.05, 3.63) is 76.5 Å². The van der Waals surface area contributed by atoms with Gasteiger partial charge in [-0.25, -0.2) is 4.68 Å². The van der Waals surface area contributed by atoms with Crippen LogP contribution in [-0.2, 0) is 17.9 Å². The molecule has 8 heteroatoms. The molecule has 2 N–H and O–H groups in total. The number of nitrogens with zero attached hydrogens (tertiary/aromatic N) is 2. The van der Waals surface area contributed by atoms with Crippen LogP contribution in [0.25, 0.3) is 0 Å². The maximum Gasteiger partial charge on any atom is 0.256 e. The molecule has 1 atom stereocenters. The van der Waals surface area contributed by atoms with Crippen LogP contribution >= 0.6 is 11.6 Å². The van der Waals surface area contributed by atoms with E-state index in [1.54, 1.807) is 30.7 Å². The van der Waals surface area contributed by atoms with Crippen molar-refractivity contribution in [2.75, 3.05) is 0 Å². The van der Waals surface area contributed by atoms with Crippen molar-refractivity contribution >= 4 is 23.4 Å². The molecule has 0 saturated heterocycles. The molecule has 28 heavy (non-hydrogen) atoms. The van der Waals surface area contributed by atoms with Crippen molar-refractivity contribution in [3.63, 3.8) is 0 Å². The number of furan rings is 1. The molecule has 0 aliphatic rings.